The summed E-state index contributed by atoms with van der Waals surface area (Å²) in [6.45, 7) is 2.90. The fourth-order valence-corrected chi connectivity index (χ4v) is 1.66. The van der Waals surface area contributed by atoms with Gasteiger partial charge in [0.15, 0.2) is 0 Å². The van der Waals surface area contributed by atoms with Crippen molar-refractivity contribution in [2.24, 2.45) is 0 Å². The molecule has 0 unspecified atom stereocenters. The molecule has 5 heteroatoms. The Labute approximate surface area is 110 Å². The fraction of sp³-hybridized carbons (Fsp3) is 0.214. The summed E-state index contributed by atoms with van der Waals surface area (Å²) >= 11 is 0. The number of aromatic nitrogens is 2. The predicted octanol–water partition coefficient (Wildman–Crippen LogP) is 2.09. The van der Waals surface area contributed by atoms with E-state index in [0.29, 0.717) is 18.7 Å². The van der Waals surface area contributed by atoms with Crippen LogP contribution in [-0.2, 0) is 13.1 Å². The summed E-state index contributed by atoms with van der Waals surface area (Å²) in [6.07, 6.45) is 3.40. The average molecular weight is 256 g/mol. The first-order valence-electron chi connectivity index (χ1n) is 5.85. The van der Waals surface area contributed by atoms with Gasteiger partial charge < -0.3 is 5.32 Å². The second kappa shape index (κ2) is 6.03. The summed E-state index contributed by atoms with van der Waals surface area (Å²) in [4.78, 5) is 8.35. The molecule has 1 N–H and O–H groups in total. The number of halogens is 1. The highest BCUT2D eigenvalue weighted by Crippen LogP contribution is 2.08. The summed E-state index contributed by atoms with van der Waals surface area (Å²) < 4.78 is 13.2. The zero-order valence-electron chi connectivity index (χ0n) is 10.5. The summed E-state index contributed by atoms with van der Waals surface area (Å²) in [6, 6.07) is 6.22. The van der Waals surface area contributed by atoms with E-state index < -0.39 is 5.82 Å². The molecule has 4 nitrogen and oxygen atoms in total. The molecule has 0 bridgehead atoms. The minimum Gasteiger partial charge on any atom is -0.307 e. The average Bonchev–Trinajstić information content (AvgIpc) is 2.40. The predicted molar refractivity (Wildman–Crippen MR) is 68.4 cm³/mol. The van der Waals surface area contributed by atoms with E-state index in [4.69, 9.17) is 5.26 Å². The highest BCUT2D eigenvalue weighted by Gasteiger charge is 2.01. The van der Waals surface area contributed by atoms with Crippen molar-refractivity contribution in [3.05, 3.63) is 58.9 Å². The summed E-state index contributed by atoms with van der Waals surface area (Å²) in [7, 11) is 0. The van der Waals surface area contributed by atoms with Gasteiger partial charge in [-0.15, -0.1) is 0 Å². The molecule has 96 valence electrons. The van der Waals surface area contributed by atoms with Gasteiger partial charge in [0, 0.05) is 25.5 Å². The van der Waals surface area contributed by atoms with Crippen LogP contribution in [0.15, 0.2) is 30.6 Å². The van der Waals surface area contributed by atoms with Gasteiger partial charge in [-0.3, -0.25) is 9.97 Å². The van der Waals surface area contributed by atoms with Crippen LogP contribution in [0, 0.1) is 24.1 Å². The number of nitrogens with one attached hydrogen (secondary N) is 1. The number of aryl methyl sites for hydroxylation is 1. The molecule has 2 rings (SSSR count). The van der Waals surface area contributed by atoms with Gasteiger partial charge in [0.2, 0.25) is 0 Å². The summed E-state index contributed by atoms with van der Waals surface area (Å²) in [5.41, 5.74) is 2.75. The molecule has 19 heavy (non-hydrogen) atoms. The van der Waals surface area contributed by atoms with Crippen molar-refractivity contribution in [2.75, 3.05) is 0 Å². The Morgan fingerprint density at radius 1 is 1.21 bits per heavy atom. The first-order valence-corrected chi connectivity index (χ1v) is 5.85. The molecule has 0 aliphatic heterocycles. The molecule has 1 aromatic heterocycles. The molecule has 1 heterocycles. The number of benzene rings is 1. The Balaban J connectivity index is 1.94. The number of rotatable bonds is 4. The molecule has 0 aliphatic rings. The van der Waals surface area contributed by atoms with Crippen molar-refractivity contribution < 1.29 is 4.39 Å². The van der Waals surface area contributed by atoms with Crippen molar-refractivity contribution in [3.63, 3.8) is 0 Å². The molecule has 0 spiro atoms. The second-order valence-electron chi connectivity index (χ2n) is 4.21. The van der Waals surface area contributed by atoms with E-state index in [2.05, 4.69) is 15.3 Å². The van der Waals surface area contributed by atoms with Crippen molar-refractivity contribution in [1.82, 2.24) is 15.3 Å². The van der Waals surface area contributed by atoms with E-state index in [1.807, 2.05) is 13.0 Å². The molecule has 0 atom stereocenters. The van der Waals surface area contributed by atoms with E-state index >= 15 is 0 Å². The molecule has 0 saturated carbocycles. The van der Waals surface area contributed by atoms with Crippen LogP contribution in [0.1, 0.15) is 22.5 Å². The van der Waals surface area contributed by atoms with Crippen molar-refractivity contribution in [3.8, 4) is 6.07 Å². The van der Waals surface area contributed by atoms with Gasteiger partial charge in [0.05, 0.1) is 23.0 Å². The van der Waals surface area contributed by atoms with E-state index in [0.717, 1.165) is 17.0 Å². The van der Waals surface area contributed by atoms with Crippen LogP contribution in [0.4, 0.5) is 4.39 Å². The molecule has 0 fully saturated rings. The van der Waals surface area contributed by atoms with Crippen LogP contribution in [0.25, 0.3) is 0 Å². The maximum atomic E-state index is 13.2. The SMILES string of the molecule is Cc1cnc(CNCc2cc(F)cc(C#N)c2)cn1. The third kappa shape index (κ3) is 3.83. The topological polar surface area (TPSA) is 61.6 Å². The van der Waals surface area contributed by atoms with E-state index in [-0.39, 0.29) is 0 Å². The smallest absolute Gasteiger partial charge is 0.124 e. The van der Waals surface area contributed by atoms with E-state index in [1.54, 1.807) is 18.5 Å². The fourth-order valence-electron chi connectivity index (χ4n) is 1.66. The molecule has 2 aromatic rings. The maximum Gasteiger partial charge on any atom is 0.124 e. The molecule has 0 radical (unpaired) electrons. The number of nitrogens with zero attached hydrogens (tertiary/aromatic N) is 3. The van der Waals surface area contributed by atoms with Crippen molar-refractivity contribution in [1.29, 1.82) is 5.26 Å². The van der Waals surface area contributed by atoms with Crippen LogP contribution < -0.4 is 5.32 Å². The number of hydrogen-bond acceptors (Lipinski definition) is 4. The van der Waals surface area contributed by atoms with E-state index in [9.17, 15) is 4.39 Å². The van der Waals surface area contributed by atoms with Gasteiger partial charge in [0.1, 0.15) is 5.82 Å². The minimum absolute atomic E-state index is 0.326. The largest absolute Gasteiger partial charge is 0.307 e. The number of hydrogen-bond donors (Lipinski definition) is 1. The Morgan fingerprint density at radius 2 is 2.05 bits per heavy atom. The van der Waals surface area contributed by atoms with Gasteiger partial charge in [-0.25, -0.2) is 4.39 Å². The maximum absolute atomic E-state index is 13.2. The second-order valence-corrected chi connectivity index (χ2v) is 4.21. The standard InChI is InChI=1S/C14H13FN4/c1-10-6-19-14(9-18-10)8-17-7-12-2-11(5-16)3-13(15)4-12/h2-4,6,9,17H,7-8H2,1H3. The Kier molecular flexibility index (Phi) is 4.16. The lowest BCUT2D eigenvalue weighted by Crippen LogP contribution is -2.14. The molecular weight excluding hydrogens is 243 g/mol. The third-order valence-electron chi connectivity index (χ3n) is 2.56. The van der Waals surface area contributed by atoms with Gasteiger partial charge in [-0.05, 0) is 30.7 Å². The highest BCUT2D eigenvalue weighted by molar-refractivity contribution is 5.33. The zero-order chi connectivity index (χ0) is 13.7. The van der Waals surface area contributed by atoms with Crippen molar-refractivity contribution >= 4 is 0 Å². The summed E-state index contributed by atoms with van der Waals surface area (Å²) in [5.74, 6) is -0.397. The van der Waals surface area contributed by atoms with Crippen molar-refractivity contribution in [2.45, 2.75) is 20.0 Å². The first kappa shape index (κ1) is 13.1. The zero-order valence-corrected chi connectivity index (χ0v) is 10.5. The Hall–Kier alpha value is -2.32. The molecule has 1 aromatic carbocycles. The van der Waals surface area contributed by atoms with E-state index in [1.165, 1.54) is 12.1 Å². The van der Waals surface area contributed by atoms with Gasteiger partial charge in [-0.2, -0.15) is 5.26 Å². The van der Waals surface area contributed by atoms with Crippen LogP contribution in [0.2, 0.25) is 0 Å². The normalized spacial score (nSPS) is 10.2. The first-order chi connectivity index (χ1) is 9.17. The molecule has 0 saturated heterocycles. The molecule has 0 aliphatic carbocycles. The monoisotopic (exact) mass is 256 g/mol. The molecular formula is C14H13FN4. The summed E-state index contributed by atoms with van der Waals surface area (Å²) in [5, 5.41) is 11.9. The Bertz CT molecular complexity index is 602. The Morgan fingerprint density at radius 3 is 2.74 bits per heavy atom. The lowest BCUT2D eigenvalue weighted by Gasteiger charge is -2.05. The van der Waals surface area contributed by atoms with Gasteiger partial charge in [0.25, 0.3) is 0 Å². The quantitative estimate of drug-likeness (QED) is 0.909. The lowest BCUT2D eigenvalue weighted by atomic mass is 10.1. The minimum atomic E-state index is -0.397. The third-order valence-corrected chi connectivity index (χ3v) is 2.56. The van der Waals surface area contributed by atoms with Crippen LogP contribution >= 0.6 is 0 Å². The lowest BCUT2D eigenvalue weighted by molar-refractivity contribution is 0.618. The molecule has 0 amide bonds. The van der Waals surface area contributed by atoms with Crippen LogP contribution in [0.3, 0.4) is 0 Å². The van der Waals surface area contributed by atoms with Crippen LogP contribution in [0.5, 0.6) is 0 Å². The number of nitriles is 1. The highest BCUT2D eigenvalue weighted by atomic mass is 19.1. The van der Waals surface area contributed by atoms with Gasteiger partial charge in [-0.1, -0.05) is 0 Å². The van der Waals surface area contributed by atoms with Crippen LogP contribution in [-0.4, -0.2) is 9.97 Å². The van der Waals surface area contributed by atoms with Gasteiger partial charge >= 0.3 is 0 Å².